The Bertz CT molecular complexity index is 432. The van der Waals surface area contributed by atoms with Crippen LogP contribution in [0.3, 0.4) is 0 Å². The molecule has 1 fully saturated rings. The fourth-order valence-corrected chi connectivity index (χ4v) is 2.15. The van der Waals surface area contributed by atoms with Gasteiger partial charge >= 0.3 is 6.18 Å². The Morgan fingerprint density at radius 2 is 1.95 bits per heavy atom. The Kier molecular flexibility index (Phi) is 4.01. The first-order valence-electron chi connectivity index (χ1n) is 6.20. The van der Waals surface area contributed by atoms with Gasteiger partial charge in [0, 0.05) is 23.8 Å². The van der Waals surface area contributed by atoms with Gasteiger partial charge in [0.05, 0.1) is 12.6 Å². The quantitative estimate of drug-likeness (QED) is 0.810. The molecule has 1 aliphatic carbocycles. The minimum Gasteiger partial charge on any atom is -0.398 e. The van der Waals surface area contributed by atoms with Gasteiger partial charge in [-0.2, -0.15) is 13.2 Å². The zero-order valence-electron chi connectivity index (χ0n) is 10.4. The molecule has 1 aromatic rings. The van der Waals surface area contributed by atoms with Crippen LogP contribution in [0.25, 0.3) is 0 Å². The molecule has 106 valence electrons. The van der Waals surface area contributed by atoms with Gasteiger partial charge < -0.3 is 10.8 Å². The smallest absolute Gasteiger partial charge is 0.398 e. The predicted molar refractivity (Wildman–Crippen MR) is 66.5 cm³/mol. The molecule has 0 spiro atoms. The van der Waals surface area contributed by atoms with Crippen LogP contribution < -0.4 is 5.73 Å². The van der Waals surface area contributed by atoms with E-state index in [0.717, 1.165) is 12.8 Å². The maximum absolute atomic E-state index is 12.5. The maximum Gasteiger partial charge on any atom is 0.401 e. The lowest BCUT2D eigenvalue weighted by Gasteiger charge is -2.26. The van der Waals surface area contributed by atoms with E-state index in [1.54, 1.807) is 24.3 Å². The summed E-state index contributed by atoms with van der Waals surface area (Å²) in [6.07, 6.45) is -3.73. The van der Waals surface area contributed by atoms with Crippen molar-refractivity contribution in [1.82, 2.24) is 4.90 Å². The third-order valence-electron chi connectivity index (χ3n) is 3.21. The number of nitrogens with zero attached hydrogens (tertiary/aromatic N) is 1. The van der Waals surface area contributed by atoms with Crippen molar-refractivity contribution in [3.8, 4) is 0 Å². The molecule has 0 aliphatic heterocycles. The summed E-state index contributed by atoms with van der Waals surface area (Å²) in [4.78, 5) is 1.29. The van der Waals surface area contributed by atoms with Crippen LogP contribution in [0.5, 0.6) is 0 Å². The molecule has 0 saturated heterocycles. The van der Waals surface area contributed by atoms with Gasteiger partial charge in [-0.1, -0.05) is 18.2 Å². The number of nitrogen functional groups attached to an aromatic ring is 1. The maximum atomic E-state index is 12.5. The highest BCUT2D eigenvalue weighted by atomic mass is 19.4. The van der Waals surface area contributed by atoms with E-state index in [4.69, 9.17) is 5.73 Å². The number of rotatable bonds is 5. The number of anilines is 1. The van der Waals surface area contributed by atoms with Crippen LogP contribution in [-0.4, -0.2) is 35.3 Å². The fraction of sp³-hybridized carbons (Fsp3) is 0.538. The molecule has 1 unspecified atom stereocenters. The lowest BCUT2D eigenvalue weighted by molar-refractivity contribution is -0.149. The molecule has 0 bridgehead atoms. The van der Waals surface area contributed by atoms with Crippen molar-refractivity contribution in [3.63, 3.8) is 0 Å². The van der Waals surface area contributed by atoms with Crippen LogP contribution in [0.4, 0.5) is 18.9 Å². The highest BCUT2D eigenvalue weighted by Gasteiger charge is 2.38. The van der Waals surface area contributed by atoms with Gasteiger partial charge in [-0.15, -0.1) is 0 Å². The standard InChI is InChI=1S/C13H17F3N2O/c14-13(15,16)8-18(9-5-6-9)7-12(19)10-3-1-2-4-11(10)17/h1-4,9,12,19H,5-8,17H2. The zero-order chi connectivity index (χ0) is 14.0. The summed E-state index contributed by atoms with van der Waals surface area (Å²) in [6, 6.07) is 6.63. The molecule has 19 heavy (non-hydrogen) atoms. The Hall–Kier alpha value is -1.27. The van der Waals surface area contributed by atoms with E-state index in [0.29, 0.717) is 11.3 Å². The van der Waals surface area contributed by atoms with Crippen molar-refractivity contribution in [2.45, 2.75) is 31.2 Å². The molecule has 1 saturated carbocycles. The molecule has 1 aliphatic rings. The first-order chi connectivity index (χ1) is 8.87. The molecule has 3 N–H and O–H groups in total. The van der Waals surface area contributed by atoms with Gasteiger partial charge in [0.1, 0.15) is 0 Å². The zero-order valence-corrected chi connectivity index (χ0v) is 10.4. The van der Waals surface area contributed by atoms with Crippen molar-refractivity contribution in [3.05, 3.63) is 29.8 Å². The highest BCUT2D eigenvalue weighted by molar-refractivity contribution is 5.47. The van der Waals surface area contributed by atoms with Crippen molar-refractivity contribution < 1.29 is 18.3 Å². The molecular formula is C13H17F3N2O. The first-order valence-corrected chi connectivity index (χ1v) is 6.20. The molecule has 0 aromatic heterocycles. The third kappa shape index (κ3) is 4.11. The third-order valence-corrected chi connectivity index (χ3v) is 3.21. The summed E-state index contributed by atoms with van der Waals surface area (Å²) >= 11 is 0. The molecular weight excluding hydrogens is 257 g/mol. The second-order valence-electron chi connectivity index (χ2n) is 4.92. The van der Waals surface area contributed by atoms with Gasteiger partial charge in [0.15, 0.2) is 0 Å². The van der Waals surface area contributed by atoms with Gasteiger partial charge in [-0.05, 0) is 18.9 Å². The number of aliphatic hydroxyl groups excluding tert-OH is 1. The van der Waals surface area contributed by atoms with Crippen LogP contribution in [0.2, 0.25) is 0 Å². The number of hydrogen-bond donors (Lipinski definition) is 2. The van der Waals surface area contributed by atoms with Crippen LogP contribution in [-0.2, 0) is 0 Å². The van der Waals surface area contributed by atoms with Crippen LogP contribution in [0.15, 0.2) is 24.3 Å². The van der Waals surface area contributed by atoms with Gasteiger partial charge in [0.25, 0.3) is 0 Å². The van der Waals surface area contributed by atoms with Crippen LogP contribution >= 0.6 is 0 Å². The SMILES string of the molecule is Nc1ccccc1C(O)CN(CC(F)(F)F)C1CC1. The number of para-hydroxylation sites is 1. The second-order valence-corrected chi connectivity index (χ2v) is 4.92. The molecule has 6 heteroatoms. The van der Waals surface area contributed by atoms with E-state index in [9.17, 15) is 18.3 Å². The van der Waals surface area contributed by atoms with Crippen LogP contribution in [0, 0.1) is 0 Å². The van der Waals surface area contributed by atoms with E-state index in [-0.39, 0.29) is 12.6 Å². The highest BCUT2D eigenvalue weighted by Crippen LogP contribution is 2.32. The van der Waals surface area contributed by atoms with E-state index in [1.165, 1.54) is 4.90 Å². The second kappa shape index (κ2) is 5.38. The molecule has 1 atom stereocenters. The Balaban J connectivity index is 2.03. The molecule has 2 rings (SSSR count). The first kappa shape index (κ1) is 14.1. The summed E-state index contributed by atoms with van der Waals surface area (Å²) in [6.45, 7) is -1.03. The van der Waals surface area contributed by atoms with Crippen molar-refractivity contribution >= 4 is 5.69 Å². The Morgan fingerprint density at radius 1 is 1.32 bits per heavy atom. The normalized spacial score (nSPS) is 17.7. The van der Waals surface area contributed by atoms with Crippen molar-refractivity contribution in [2.24, 2.45) is 0 Å². The number of halogens is 3. The number of nitrogens with two attached hydrogens (primary N) is 1. The van der Waals surface area contributed by atoms with E-state index >= 15 is 0 Å². The average molecular weight is 274 g/mol. The monoisotopic (exact) mass is 274 g/mol. The molecule has 1 aromatic carbocycles. The lowest BCUT2D eigenvalue weighted by atomic mass is 10.1. The van der Waals surface area contributed by atoms with E-state index in [1.807, 2.05) is 0 Å². The predicted octanol–water partition coefficient (Wildman–Crippen LogP) is 2.33. The summed E-state index contributed by atoms with van der Waals surface area (Å²) in [5, 5.41) is 10.1. The number of hydrogen-bond acceptors (Lipinski definition) is 3. The van der Waals surface area contributed by atoms with Gasteiger partial charge in [-0.25, -0.2) is 0 Å². The fourth-order valence-electron chi connectivity index (χ4n) is 2.15. The van der Waals surface area contributed by atoms with Crippen LogP contribution in [0.1, 0.15) is 24.5 Å². The van der Waals surface area contributed by atoms with Gasteiger partial charge in [-0.3, -0.25) is 4.90 Å². The minimum atomic E-state index is -4.25. The van der Waals surface area contributed by atoms with Crippen molar-refractivity contribution in [2.75, 3.05) is 18.8 Å². The molecule has 0 amide bonds. The van der Waals surface area contributed by atoms with Gasteiger partial charge in [0.2, 0.25) is 0 Å². The summed E-state index contributed by atoms with van der Waals surface area (Å²) < 4.78 is 37.4. The summed E-state index contributed by atoms with van der Waals surface area (Å²) in [7, 11) is 0. The van der Waals surface area contributed by atoms with E-state index in [2.05, 4.69) is 0 Å². The Morgan fingerprint density at radius 3 is 2.47 bits per heavy atom. The largest absolute Gasteiger partial charge is 0.401 e. The molecule has 0 heterocycles. The number of alkyl halides is 3. The molecule has 0 radical (unpaired) electrons. The number of aliphatic hydroxyl groups is 1. The Labute approximate surface area is 109 Å². The number of benzene rings is 1. The lowest BCUT2D eigenvalue weighted by Crippen LogP contribution is -2.38. The minimum absolute atomic E-state index is 0.0433. The summed E-state index contributed by atoms with van der Waals surface area (Å²) in [5.74, 6) is 0. The average Bonchev–Trinajstić information content (AvgIpc) is 3.10. The van der Waals surface area contributed by atoms with Crippen molar-refractivity contribution in [1.29, 1.82) is 0 Å². The van der Waals surface area contributed by atoms with E-state index < -0.39 is 18.8 Å². The summed E-state index contributed by atoms with van der Waals surface area (Å²) in [5.41, 5.74) is 6.60. The topological polar surface area (TPSA) is 49.5 Å². The molecule has 3 nitrogen and oxygen atoms in total.